The minimum atomic E-state index is -0.581. The van der Waals surface area contributed by atoms with Crippen molar-refractivity contribution in [3.05, 3.63) is 29.8 Å². The van der Waals surface area contributed by atoms with Crippen LogP contribution in [0.4, 0.5) is 0 Å². The van der Waals surface area contributed by atoms with Crippen molar-refractivity contribution in [1.29, 1.82) is 5.26 Å². The largest absolute Gasteiger partial charge is 0.490 e. The molecule has 1 atom stereocenters. The summed E-state index contributed by atoms with van der Waals surface area (Å²) < 4.78 is 5.95. The van der Waals surface area contributed by atoms with Gasteiger partial charge in [-0.25, -0.2) is 0 Å². The molecule has 0 spiro atoms. The van der Waals surface area contributed by atoms with E-state index in [9.17, 15) is 5.26 Å². The Balaban J connectivity index is 2.06. The van der Waals surface area contributed by atoms with Gasteiger partial charge in [-0.1, -0.05) is 25.1 Å². The lowest BCUT2D eigenvalue weighted by molar-refractivity contribution is 0.200. The lowest BCUT2D eigenvalue weighted by Crippen LogP contribution is -2.51. The summed E-state index contributed by atoms with van der Waals surface area (Å²) in [6.07, 6.45) is 3.75. The highest BCUT2D eigenvalue weighted by Gasteiger charge is 2.46. The number of rotatable bonds is 9. The number of nitrogens with zero attached hydrogens (tertiary/aromatic N) is 1. The fourth-order valence-electron chi connectivity index (χ4n) is 2.56. The maximum absolute atomic E-state index is 9.63. The fraction of sp³-hybridized carbons (Fsp3) is 0.588. The molecule has 0 aliphatic heterocycles. The van der Waals surface area contributed by atoms with Crippen LogP contribution in [0.3, 0.4) is 0 Å². The number of hydrogen-bond donors (Lipinski definition) is 2. The Morgan fingerprint density at radius 1 is 1.43 bits per heavy atom. The van der Waals surface area contributed by atoms with E-state index in [1.165, 1.54) is 0 Å². The van der Waals surface area contributed by atoms with Gasteiger partial charge in [0.2, 0.25) is 0 Å². The highest BCUT2D eigenvalue weighted by atomic mass is 16.5. The van der Waals surface area contributed by atoms with Crippen molar-refractivity contribution in [2.24, 2.45) is 5.92 Å². The summed E-state index contributed by atoms with van der Waals surface area (Å²) in [7, 11) is 0. The van der Waals surface area contributed by atoms with Crippen molar-refractivity contribution in [2.75, 3.05) is 19.8 Å². The third-order valence-electron chi connectivity index (χ3n) is 3.97. The van der Waals surface area contributed by atoms with Gasteiger partial charge in [0.15, 0.2) is 0 Å². The molecule has 2 rings (SSSR count). The van der Waals surface area contributed by atoms with Gasteiger partial charge in [0.05, 0.1) is 6.07 Å². The van der Waals surface area contributed by atoms with Crippen molar-refractivity contribution in [1.82, 2.24) is 5.32 Å². The zero-order valence-corrected chi connectivity index (χ0v) is 12.6. The lowest BCUT2D eigenvalue weighted by atomic mass is 9.96. The molecule has 114 valence electrons. The van der Waals surface area contributed by atoms with E-state index in [4.69, 9.17) is 9.84 Å². The summed E-state index contributed by atoms with van der Waals surface area (Å²) in [6, 6.07) is 10.2. The molecular formula is C17H24N2O2. The average Bonchev–Trinajstić information content (AvgIpc) is 3.35. The molecule has 21 heavy (non-hydrogen) atoms. The normalized spacial score (nSPS) is 17.0. The van der Waals surface area contributed by atoms with E-state index in [-0.39, 0.29) is 6.61 Å². The minimum absolute atomic E-state index is 0.0977. The summed E-state index contributed by atoms with van der Waals surface area (Å²) in [6.45, 7) is 3.38. The Bertz CT molecular complexity index is 494. The molecular weight excluding hydrogens is 264 g/mol. The van der Waals surface area contributed by atoms with Gasteiger partial charge in [0.1, 0.15) is 17.9 Å². The van der Waals surface area contributed by atoms with Gasteiger partial charge in [-0.2, -0.15) is 5.26 Å². The van der Waals surface area contributed by atoms with Crippen LogP contribution in [0.1, 0.15) is 31.7 Å². The molecule has 1 aromatic rings. The van der Waals surface area contributed by atoms with Crippen LogP contribution in [0.5, 0.6) is 5.75 Å². The van der Waals surface area contributed by atoms with Crippen molar-refractivity contribution < 1.29 is 9.84 Å². The molecule has 4 heteroatoms. The van der Waals surface area contributed by atoms with Crippen LogP contribution in [0.15, 0.2) is 24.3 Å². The van der Waals surface area contributed by atoms with Crippen molar-refractivity contribution in [2.45, 2.75) is 38.1 Å². The molecule has 1 aliphatic rings. The van der Waals surface area contributed by atoms with Gasteiger partial charge < -0.3 is 9.84 Å². The first-order valence-corrected chi connectivity index (χ1v) is 7.73. The molecule has 1 saturated carbocycles. The van der Waals surface area contributed by atoms with Gasteiger partial charge in [-0.15, -0.1) is 0 Å². The molecule has 1 unspecified atom stereocenters. The van der Waals surface area contributed by atoms with Gasteiger partial charge in [-0.3, -0.25) is 5.32 Å². The smallest absolute Gasteiger partial charge is 0.143 e. The predicted octanol–water partition coefficient (Wildman–Crippen LogP) is 2.27. The highest BCUT2D eigenvalue weighted by Crippen LogP contribution is 2.40. The van der Waals surface area contributed by atoms with Gasteiger partial charge in [-0.05, 0) is 49.8 Å². The Labute approximate surface area is 126 Å². The average molecular weight is 288 g/mol. The summed E-state index contributed by atoms with van der Waals surface area (Å²) in [5.41, 5.74) is 0.403. The van der Waals surface area contributed by atoms with Crippen LogP contribution < -0.4 is 10.1 Å². The molecule has 0 bridgehead atoms. The van der Waals surface area contributed by atoms with Crippen molar-refractivity contribution in [3.8, 4) is 11.8 Å². The number of benzene rings is 1. The second kappa shape index (κ2) is 7.44. The Kier molecular flexibility index (Phi) is 5.60. The Morgan fingerprint density at radius 3 is 2.81 bits per heavy atom. The second-order valence-electron chi connectivity index (χ2n) is 5.65. The van der Waals surface area contributed by atoms with E-state index in [1.54, 1.807) is 0 Å². The first-order chi connectivity index (χ1) is 10.3. The molecule has 0 radical (unpaired) electrons. The zero-order chi connectivity index (χ0) is 15.1. The van der Waals surface area contributed by atoms with Crippen LogP contribution in [-0.2, 0) is 6.42 Å². The molecule has 0 heterocycles. The van der Waals surface area contributed by atoms with Gasteiger partial charge in [0.25, 0.3) is 0 Å². The van der Waals surface area contributed by atoms with Crippen molar-refractivity contribution >= 4 is 0 Å². The summed E-state index contributed by atoms with van der Waals surface area (Å²) in [5, 5.41) is 22.1. The lowest BCUT2D eigenvalue weighted by Gasteiger charge is -2.28. The van der Waals surface area contributed by atoms with Crippen LogP contribution in [0.25, 0.3) is 0 Å². The van der Waals surface area contributed by atoms with E-state index < -0.39 is 5.54 Å². The van der Waals surface area contributed by atoms with E-state index in [0.29, 0.717) is 18.9 Å². The van der Waals surface area contributed by atoms with E-state index in [0.717, 1.165) is 37.1 Å². The zero-order valence-electron chi connectivity index (χ0n) is 12.6. The number of nitriles is 1. The summed E-state index contributed by atoms with van der Waals surface area (Å²) >= 11 is 0. The van der Waals surface area contributed by atoms with Crippen LogP contribution in [0, 0.1) is 17.2 Å². The Hall–Kier alpha value is -1.57. The third kappa shape index (κ3) is 3.96. The molecule has 1 aromatic carbocycles. The maximum atomic E-state index is 9.63. The predicted molar refractivity (Wildman–Crippen MR) is 82.1 cm³/mol. The van der Waals surface area contributed by atoms with Crippen LogP contribution in [-0.4, -0.2) is 30.4 Å². The monoisotopic (exact) mass is 288 g/mol. The molecule has 1 fully saturated rings. The van der Waals surface area contributed by atoms with Gasteiger partial charge >= 0.3 is 0 Å². The summed E-state index contributed by atoms with van der Waals surface area (Å²) in [5.74, 6) is 1.16. The van der Waals surface area contributed by atoms with Crippen LogP contribution in [0.2, 0.25) is 0 Å². The number of hydrogen-bond acceptors (Lipinski definition) is 4. The van der Waals surface area contributed by atoms with Crippen molar-refractivity contribution in [3.63, 3.8) is 0 Å². The number of aliphatic hydroxyl groups excluding tert-OH is 1. The number of aliphatic hydroxyl groups is 1. The van der Waals surface area contributed by atoms with Gasteiger partial charge in [0, 0.05) is 6.61 Å². The highest BCUT2D eigenvalue weighted by molar-refractivity contribution is 5.34. The first-order valence-electron chi connectivity index (χ1n) is 7.73. The van der Waals surface area contributed by atoms with E-state index in [2.05, 4.69) is 18.3 Å². The molecule has 4 nitrogen and oxygen atoms in total. The third-order valence-corrected chi connectivity index (χ3v) is 3.97. The molecule has 2 N–H and O–H groups in total. The quantitative estimate of drug-likeness (QED) is 0.731. The number of nitrogens with one attached hydrogen (secondary N) is 1. The van der Waals surface area contributed by atoms with Crippen LogP contribution >= 0.6 is 0 Å². The molecule has 0 saturated heterocycles. The molecule has 0 aromatic heterocycles. The molecule has 1 aliphatic carbocycles. The standard InChI is InChI=1S/C17H24N2O2/c1-2-10-19-17(12-18,15-7-8-15)13-21-16-6-4-3-5-14(16)9-11-20/h3-6,15,19-20H,2,7-11,13H2,1H3. The minimum Gasteiger partial charge on any atom is -0.490 e. The summed E-state index contributed by atoms with van der Waals surface area (Å²) in [4.78, 5) is 0. The number of para-hydroxylation sites is 1. The van der Waals surface area contributed by atoms with E-state index >= 15 is 0 Å². The maximum Gasteiger partial charge on any atom is 0.143 e. The second-order valence-corrected chi connectivity index (χ2v) is 5.65. The fourth-order valence-corrected chi connectivity index (χ4v) is 2.56. The molecule has 0 amide bonds. The number of ether oxygens (including phenoxy) is 1. The first kappa shape index (κ1) is 15.8. The van der Waals surface area contributed by atoms with E-state index in [1.807, 2.05) is 24.3 Å². The Morgan fingerprint density at radius 2 is 2.19 bits per heavy atom. The SMILES string of the molecule is CCCNC(C#N)(COc1ccccc1CCO)C1CC1. The topological polar surface area (TPSA) is 65.3 Å².